The molecule has 1 aliphatic heterocycles. The van der Waals surface area contributed by atoms with E-state index >= 15 is 0 Å². The van der Waals surface area contributed by atoms with Crippen molar-refractivity contribution in [1.29, 1.82) is 0 Å². The van der Waals surface area contributed by atoms with Gasteiger partial charge in [-0.05, 0) is 57.4 Å². The summed E-state index contributed by atoms with van der Waals surface area (Å²) in [5.41, 5.74) is 0. The predicted octanol–water partition coefficient (Wildman–Crippen LogP) is 2.59. The highest BCUT2D eigenvalue weighted by Crippen LogP contribution is 2.47. The van der Waals surface area contributed by atoms with Crippen LogP contribution in [-0.4, -0.2) is 36.1 Å². The molecule has 3 nitrogen and oxygen atoms in total. The van der Waals surface area contributed by atoms with Crippen LogP contribution in [0.25, 0.3) is 0 Å². The molecule has 4 atom stereocenters. The maximum absolute atomic E-state index is 12.1. The van der Waals surface area contributed by atoms with Crippen molar-refractivity contribution in [1.82, 2.24) is 4.90 Å². The van der Waals surface area contributed by atoms with Gasteiger partial charge in [0, 0.05) is 6.04 Å². The summed E-state index contributed by atoms with van der Waals surface area (Å²) in [5, 5.41) is 0. The standard InChI is InChI=1S/C15H25NO2/c1-2-18-15(17)13-5-3-4-8-16(13)14-10-11-6-7-12(14)9-11/h11-14H,2-10H2,1H3. The fraction of sp³-hybridized carbons (Fsp3) is 0.933. The molecular formula is C15H25NO2. The van der Waals surface area contributed by atoms with Crippen LogP contribution in [-0.2, 0) is 9.53 Å². The quantitative estimate of drug-likeness (QED) is 0.722. The van der Waals surface area contributed by atoms with E-state index in [0.29, 0.717) is 12.6 Å². The van der Waals surface area contributed by atoms with Gasteiger partial charge in [-0.2, -0.15) is 0 Å². The highest BCUT2D eigenvalue weighted by atomic mass is 16.5. The first kappa shape index (κ1) is 12.5. The largest absolute Gasteiger partial charge is 0.465 e. The molecule has 3 rings (SSSR count). The molecule has 4 unspecified atom stereocenters. The van der Waals surface area contributed by atoms with Gasteiger partial charge in [0.1, 0.15) is 6.04 Å². The van der Waals surface area contributed by atoms with Crippen molar-refractivity contribution in [3.8, 4) is 0 Å². The molecule has 18 heavy (non-hydrogen) atoms. The molecule has 102 valence electrons. The average Bonchev–Trinajstić information content (AvgIpc) is 3.01. The van der Waals surface area contributed by atoms with Gasteiger partial charge in [-0.3, -0.25) is 9.69 Å². The topological polar surface area (TPSA) is 29.5 Å². The molecule has 0 N–H and O–H groups in total. The number of esters is 1. The van der Waals surface area contributed by atoms with E-state index in [1.54, 1.807) is 0 Å². The molecule has 3 aliphatic rings. The molecule has 3 fully saturated rings. The van der Waals surface area contributed by atoms with Crippen molar-refractivity contribution in [3.63, 3.8) is 0 Å². The maximum atomic E-state index is 12.1. The van der Waals surface area contributed by atoms with Crippen molar-refractivity contribution in [2.24, 2.45) is 11.8 Å². The Labute approximate surface area is 110 Å². The molecule has 0 amide bonds. The second-order valence-corrected chi connectivity index (χ2v) is 6.24. The Morgan fingerprint density at radius 3 is 2.78 bits per heavy atom. The molecule has 2 aliphatic carbocycles. The molecule has 0 spiro atoms. The second-order valence-electron chi connectivity index (χ2n) is 6.24. The fourth-order valence-electron chi connectivity index (χ4n) is 4.46. The molecule has 1 saturated heterocycles. The first-order valence-corrected chi connectivity index (χ1v) is 7.72. The van der Waals surface area contributed by atoms with Crippen molar-refractivity contribution < 1.29 is 9.53 Å². The van der Waals surface area contributed by atoms with E-state index in [1.165, 1.54) is 38.5 Å². The second kappa shape index (κ2) is 5.20. The molecule has 0 radical (unpaired) electrons. The summed E-state index contributed by atoms with van der Waals surface area (Å²) in [6.45, 7) is 3.53. The Morgan fingerprint density at radius 2 is 2.11 bits per heavy atom. The van der Waals surface area contributed by atoms with Crippen LogP contribution in [0.4, 0.5) is 0 Å². The summed E-state index contributed by atoms with van der Waals surface area (Å²) >= 11 is 0. The molecule has 3 heteroatoms. The van der Waals surface area contributed by atoms with Gasteiger partial charge in [-0.15, -0.1) is 0 Å². The van der Waals surface area contributed by atoms with Crippen LogP contribution < -0.4 is 0 Å². The number of carbonyl (C=O) groups excluding carboxylic acids is 1. The van der Waals surface area contributed by atoms with Gasteiger partial charge in [-0.25, -0.2) is 0 Å². The van der Waals surface area contributed by atoms with Gasteiger partial charge >= 0.3 is 5.97 Å². The number of likely N-dealkylation sites (tertiary alicyclic amines) is 1. The average molecular weight is 251 g/mol. The van der Waals surface area contributed by atoms with Crippen molar-refractivity contribution >= 4 is 5.97 Å². The lowest BCUT2D eigenvalue weighted by molar-refractivity contribution is -0.152. The van der Waals surface area contributed by atoms with E-state index in [9.17, 15) is 4.79 Å². The van der Waals surface area contributed by atoms with Gasteiger partial charge < -0.3 is 4.74 Å². The van der Waals surface area contributed by atoms with Crippen LogP contribution in [0.2, 0.25) is 0 Å². The summed E-state index contributed by atoms with van der Waals surface area (Å²) in [6.07, 6.45) is 9.01. The van der Waals surface area contributed by atoms with Gasteiger partial charge in [-0.1, -0.05) is 12.8 Å². The number of hydrogen-bond donors (Lipinski definition) is 0. The van der Waals surface area contributed by atoms with E-state index in [-0.39, 0.29) is 12.0 Å². The number of carbonyl (C=O) groups is 1. The van der Waals surface area contributed by atoms with E-state index in [2.05, 4.69) is 4.90 Å². The highest BCUT2D eigenvalue weighted by molar-refractivity contribution is 5.76. The number of nitrogens with zero attached hydrogens (tertiary/aromatic N) is 1. The zero-order valence-electron chi connectivity index (χ0n) is 11.4. The number of ether oxygens (including phenoxy) is 1. The number of fused-ring (bicyclic) bond motifs is 2. The number of piperidine rings is 1. The van der Waals surface area contributed by atoms with Crippen LogP contribution >= 0.6 is 0 Å². The highest BCUT2D eigenvalue weighted by Gasteiger charge is 2.45. The summed E-state index contributed by atoms with van der Waals surface area (Å²) in [7, 11) is 0. The summed E-state index contributed by atoms with van der Waals surface area (Å²) in [6, 6.07) is 0.738. The summed E-state index contributed by atoms with van der Waals surface area (Å²) < 4.78 is 5.27. The summed E-state index contributed by atoms with van der Waals surface area (Å²) in [5.74, 6) is 1.84. The third-order valence-electron chi connectivity index (χ3n) is 5.23. The minimum atomic E-state index is 0.0278. The van der Waals surface area contributed by atoms with E-state index in [4.69, 9.17) is 4.74 Å². The van der Waals surface area contributed by atoms with Gasteiger partial charge in [0.15, 0.2) is 0 Å². The zero-order chi connectivity index (χ0) is 12.5. The SMILES string of the molecule is CCOC(=O)C1CCCCN1C1CC2CCC1C2. The lowest BCUT2D eigenvalue weighted by Crippen LogP contribution is -2.52. The fourth-order valence-corrected chi connectivity index (χ4v) is 4.46. The third kappa shape index (κ3) is 2.18. The van der Waals surface area contributed by atoms with Crippen molar-refractivity contribution in [2.45, 2.75) is 64.0 Å². The minimum absolute atomic E-state index is 0.0278. The Balaban J connectivity index is 1.69. The van der Waals surface area contributed by atoms with Gasteiger partial charge in [0.05, 0.1) is 6.61 Å². The molecule has 1 heterocycles. The minimum Gasteiger partial charge on any atom is -0.465 e. The first-order chi connectivity index (χ1) is 8.79. The number of rotatable bonds is 3. The molecule has 0 aromatic carbocycles. The number of hydrogen-bond acceptors (Lipinski definition) is 3. The Kier molecular flexibility index (Phi) is 3.60. The lowest BCUT2D eigenvalue weighted by Gasteiger charge is -2.41. The van der Waals surface area contributed by atoms with Crippen LogP contribution in [0.3, 0.4) is 0 Å². The van der Waals surface area contributed by atoms with Crippen LogP contribution in [0.5, 0.6) is 0 Å². The normalized spacial score (nSPS) is 40.1. The van der Waals surface area contributed by atoms with Crippen LogP contribution in [0, 0.1) is 11.8 Å². The van der Waals surface area contributed by atoms with E-state index < -0.39 is 0 Å². The molecule has 2 bridgehead atoms. The van der Waals surface area contributed by atoms with Crippen LogP contribution in [0.15, 0.2) is 0 Å². The first-order valence-electron chi connectivity index (χ1n) is 7.72. The molecule has 0 aromatic rings. The zero-order valence-corrected chi connectivity index (χ0v) is 11.4. The van der Waals surface area contributed by atoms with Gasteiger partial charge in [0.2, 0.25) is 0 Å². The maximum Gasteiger partial charge on any atom is 0.323 e. The Hall–Kier alpha value is -0.570. The monoisotopic (exact) mass is 251 g/mol. The van der Waals surface area contributed by atoms with E-state index in [0.717, 1.165) is 24.8 Å². The third-order valence-corrected chi connectivity index (χ3v) is 5.23. The molecule has 2 saturated carbocycles. The van der Waals surface area contributed by atoms with Crippen molar-refractivity contribution in [2.75, 3.05) is 13.2 Å². The van der Waals surface area contributed by atoms with Crippen LogP contribution in [0.1, 0.15) is 51.9 Å². The van der Waals surface area contributed by atoms with E-state index in [1.807, 2.05) is 6.92 Å². The Bertz CT molecular complexity index is 318. The lowest BCUT2D eigenvalue weighted by atomic mass is 9.90. The van der Waals surface area contributed by atoms with Gasteiger partial charge in [0.25, 0.3) is 0 Å². The van der Waals surface area contributed by atoms with Crippen molar-refractivity contribution in [3.05, 3.63) is 0 Å². The summed E-state index contributed by atoms with van der Waals surface area (Å²) in [4.78, 5) is 14.6. The molecule has 0 aromatic heterocycles. The predicted molar refractivity (Wildman–Crippen MR) is 70.2 cm³/mol. The molecular weight excluding hydrogens is 226 g/mol. The Morgan fingerprint density at radius 1 is 1.22 bits per heavy atom. The smallest absolute Gasteiger partial charge is 0.323 e.